The molecule has 0 atom stereocenters. The summed E-state index contributed by atoms with van der Waals surface area (Å²) in [7, 11) is 0. The molecule has 0 aliphatic rings. The molecule has 0 unspecified atom stereocenters. The third-order valence-electron chi connectivity index (χ3n) is 1.70. The van der Waals surface area contributed by atoms with Crippen molar-refractivity contribution in [3.05, 3.63) is 53.9 Å². The average Bonchev–Trinajstić information content (AvgIpc) is 2.92. The first-order chi connectivity index (χ1) is 6.97. The number of pyridine rings is 1. The summed E-state index contributed by atoms with van der Waals surface area (Å²) in [4.78, 5) is 3.93. The second kappa shape index (κ2) is 4.58. The van der Waals surface area contributed by atoms with E-state index in [1.165, 1.54) is 0 Å². The van der Waals surface area contributed by atoms with Gasteiger partial charge >= 0.3 is 0 Å². The molecule has 3 aromatic heterocycles. The number of aromatic nitrogens is 1. The van der Waals surface area contributed by atoms with Gasteiger partial charge in [-0.15, -0.1) is 0 Å². The highest BCUT2D eigenvalue weighted by molar-refractivity contribution is 7.07. The van der Waals surface area contributed by atoms with Crippen LogP contribution < -0.4 is 0 Å². The standard InChI is InChI=1S/C7H5NO.C4H4S/c1-2-8-3-7-5-9-4-6(1)7;1-2-4-5-3-1/h1-5H;1-4H. The maximum Gasteiger partial charge on any atom is 0.0996 e. The van der Waals surface area contributed by atoms with Gasteiger partial charge in [0.15, 0.2) is 0 Å². The van der Waals surface area contributed by atoms with Crippen LogP contribution in [-0.4, -0.2) is 4.98 Å². The quantitative estimate of drug-likeness (QED) is 0.558. The van der Waals surface area contributed by atoms with Gasteiger partial charge in [0.05, 0.1) is 12.5 Å². The summed E-state index contributed by atoms with van der Waals surface area (Å²) < 4.78 is 4.92. The first-order valence-electron chi connectivity index (χ1n) is 4.20. The van der Waals surface area contributed by atoms with Crippen LogP contribution in [0.1, 0.15) is 0 Å². The van der Waals surface area contributed by atoms with E-state index in [4.69, 9.17) is 4.42 Å². The van der Waals surface area contributed by atoms with Crippen molar-refractivity contribution in [1.82, 2.24) is 4.98 Å². The van der Waals surface area contributed by atoms with Gasteiger partial charge in [-0.3, -0.25) is 4.98 Å². The summed E-state index contributed by atoms with van der Waals surface area (Å²) in [5.74, 6) is 0. The minimum absolute atomic E-state index is 1.05. The Kier molecular flexibility index (Phi) is 2.93. The van der Waals surface area contributed by atoms with Crippen molar-refractivity contribution in [2.45, 2.75) is 0 Å². The van der Waals surface area contributed by atoms with Gasteiger partial charge < -0.3 is 4.42 Å². The van der Waals surface area contributed by atoms with Crippen molar-refractivity contribution >= 4 is 22.1 Å². The van der Waals surface area contributed by atoms with Gasteiger partial charge in [-0.05, 0) is 16.8 Å². The van der Waals surface area contributed by atoms with E-state index in [1.807, 2.05) is 29.0 Å². The minimum Gasteiger partial charge on any atom is -0.471 e. The Morgan fingerprint density at radius 2 is 1.86 bits per heavy atom. The molecule has 0 aliphatic carbocycles. The molecule has 3 rings (SSSR count). The Balaban J connectivity index is 0.000000128. The number of fused-ring (bicyclic) bond motifs is 1. The number of hydrogen-bond acceptors (Lipinski definition) is 3. The lowest BCUT2D eigenvalue weighted by Crippen LogP contribution is -1.65. The molecule has 3 heteroatoms. The lowest BCUT2D eigenvalue weighted by molar-refractivity contribution is 0.572. The molecule has 0 aromatic carbocycles. The number of rotatable bonds is 0. The molecule has 0 saturated carbocycles. The SMILES string of the molecule is c1cc2cocc2cn1.c1ccsc1. The van der Waals surface area contributed by atoms with E-state index >= 15 is 0 Å². The van der Waals surface area contributed by atoms with E-state index in [9.17, 15) is 0 Å². The van der Waals surface area contributed by atoms with E-state index in [1.54, 1.807) is 36.3 Å². The van der Waals surface area contributed by atoms with E-state index < -0.39 is 0 Å². The van der Waals surface area contributed by atoms with Crippen LogP contribution >= 0.6 is 11.3 Å². The molecule has 0 fully saturated rings. The van der Waals surface area contributed by atoms with Crippen molar-refractivity contribution in [1.29, 1.82) is 0 Å². The first-order valence-corrected chi connectivity index (χ1v) is 5.14. The number of thiophene rings is 1. The van der Waals surface area contributed by atoms with Gasteiger partial charge in [0.25, 0.3) is 0 Å². The molecular weight excluding hydrogens is 194 g/mol. The Labute approximate surface area is 85.8 Å². The van der Waals surface area contributed by atoms with E-state index in [0.717, 1.165) is 10.8 Å². The van der Waals surface area contributed by atoms with Crippen molar-refractivity contribution < 1.29 is 4.42 Å². The lowest BCUT2D eigenvalue weighted by atomic mass is 10.3. The van der Waals surface area contributed by atoms with Crippen LogP contribution in [0.4, 0.5) is 0 Å². The molecule has 0 spiro atoms. The maximum absolute atomic E-state index is 4.92. The van der Waals surface area contributed by atoms with Crippen molar-refractivity contribution in [3.63, 3.8) is 0 Å². The zero-order chi connectivity index (χ0) is 9.64. The molecule has 3 aromatic rings. The zero-order valence-electron chi connectivity index (χ0n) is 7.46. The third kappa shape index (κ3) is 2.20. The zero-order valence-corrected chi connectivity index (χ0v) is 8.28. The second-order valence-electron chi connectivity index (χ2n) is 2.67. The fraction of sp³-hybridized carbons (Fsp3) is 0. The van der Waals surface area contributed by atoms with Gasteiger partial charge in [0, 0.05) is 23.2 Å². The number of furan rings is 1. The predicted octanol–water partition coefficient (Wildman–Crippen LogP) is 3.58. The normalized spacial score (nSPS) is 9.43. The first kappa shape index (κ1) is 8.97. The maximum atomic E-state index is 4.92. The molecule has 14 heavy (non-hydrogen) atoms. The summed E-state index contributed by atoms with van der Waals surface area (Å²) in [6.45, 7) is 0. The lowest BCUT2D eigenvalue weighted by Gasteiger charge is -1.79. The molecule has 0 aliphatic heterocycles. The van der Waals surface area contributed by atoms with Crippen LogP contribution in [0, 0.1) is 0 Å². The monoisotopic (exact) mass is 203 g/mol. The Bertz CT molecular complexity index is 425. The summed E-state index contributed by atoms with van der Waals surface area (Å²) in [5, 5.41) is 6.24. The highest BCUT2D eigenvalue weighted by Gasteiger charge is 1.90. The molecule has 3 heterocycles. The van der Waals surface area contributed by atoms with Gasteiger partial charge in [-0.25, -0.2) is 0 Å². The molecular formula is C11H9NOS. The summed E-state index contributed by atoms with van der Waals surface area (Å²) in [6, 6.07) is 5.95. The van der Waals surface area contributed by atoms with Gasteiger partial charge in [-0.2, -0.15) is 11.3 Å². The summed E-state index contributed by atoms with van der Waals surface area (Å²) in [5.41, 5.74) is 0. The molecule has 0 saturated heterocycles. The second-order valence-corrected chi connectivity index (χ2v) is 3.49. The van der Waals surface area contributed by atoms with Crippen molar-refractivity contribution in [2.75, 3.05) is 0 Å². The van der Waals surface area contributed by atoms with Crippen molar-refractivity contribution in [2.24, 2.45) is 0 Å². The van der Waals surface area contributed by atoms with Crippen LogP contribution in [0.2, 0.25) is 0 Å². The van der Waals surface area contributed by atoms with Crippen LogP contribution in [0.5, 0.6) is 0 Å². The fourth-order valence-corrected chi connectivity index (χ4v) is 1.48. The molecule has 0 N–H and O–H groups in total. The molecule has 0 amide bonds. The average molecular weight is 203 g/mol. The Hall–Kier alpha value is -1.61. The number of hydrogen-bond donors (Lipinski definition) is 0. The predicted molar refractivity (Wildman–Crippen MR) is 58.3 cm³/mol. The molecule has 2 nitrogen and oxygen atoms in total. The number of nitrogens with zero attached hydrogens (tertiary/aromatic N) is 1. The minimum atomic E-state index is 1.05. The smallest absolute Gasteiger partial charge is 0.0996 e. The summed E-state index contributed by atoms with van der Waals surface area (Å²) in [6.07, 6.45) is 6.91. The van der Waals surface area contributed by atoms with E-state index in [-0.39, 0.29) is 0 Å². The highest BCUT2D eigenvalue weighted by atomic mass is 32.1. The van der Waals surface area contributed by atoms with Gasteiger partial charge in [0.1, 0.15) is 0 Å². The van der Waals surface area contributed by atoms with Crippen LogP contribution in [-0.2, 0) is 0 Å². The largest absolute Gasteiger partial charge is 0.471 e. The molecule has 0 bridgehead atoms. The third-order valence-corrected chi connectivity index (χ3v) is 2.33. The van der Waals surface area contributed by atoms with Gasteiger partial charge in [0.2, 0.25) is 0 Å². The van der Waals surface area contributed by atoms with Gasteiger partial charge in [-0.1, -0.05) is 12.1 Å². The van der Waals surface area contributed by atoms with Crippen molar-refractivity contribution in [3.8, 4) is 0 Å². The van der Waals surface area contributed by atoms with Crippen LogP contribution in [0.25, 0.3) is 10.8 Å². The van der Waals surface area contributed by atoms with Crippen LogP contribution in [0.15, 0.2) is 58.3 Å². The Morgan fingerprint density at radius 1 is 1.07 bits per heavy atom. The molecule has 0 radical (unpaired) electrons. The van der Waals surface area contributed by atoms with E-state index in [0.29, 0.717) is 0 Å². The fourth-order valence-electron chi connectivity index (χ4n) is 1.03. The topological polar surface area (TPSA) is 26.0 Å². The summed E-state index contributed by atoms with van der Waals surface area (Å²) >= 11 is 1.71. The highest BCUT2D eigenvalue weighted by Crippen LogP contribution is 2.11. The Morgan fingerprint density at radius 3 is 2.50 bits per heavy atom. The van der Waals surface area contributed by atoms with Crippen LogP contribution in [0.3, 0.4) is 0 Å². The molecule has 70 valence electrons. The van der Waals surface area contributed by atoms with E-state index in [2.05, 4.69) is 4.98 Å².